The van der Waals surface area contributed by atoms with E-state index in [0.29, 0.717) is 0 Å². The standard InChI is InChI=1S/C28H16O12/c1-9(29)12-6-13-23(32)20-11(27(35)36)4-3-5-16(20)40-26(13)18(10(2)30)19(12)14-8-39-17-7-15(31)25(34)22(28(37)38)21(17)24(14)33/h3-8,31,34H,1-2H3,(H,35,36)(H,37,38). The van der Waals surface area contributed by atoms with E-state index in [1.807, 2.05) is 0 Å². The molecule has 12 heteroatoms. The number of benzene rings is 3. The third kappa shape index (κ3) is 3.61. The van der Waals surface area contributed by atoms with Crippen molar-refractivity contribution >= 4 is 56.4 Å². The first-order valence-electron chi connectivity index (χ1n) is 11.4. The normalized spacial score (nSPS) is 11.2. The Hall–Kier alpha value is -5.78. The van der Waals surface area contributed by atoms with E-state index in [9.17, 15) is 49.2 Å². The first kappa shape index (κ1) is 25.9. The summed E-state index contributed by atoms with van der Waals surface area (Å²) in [6.07, 6.45) is 0.842. The summed E-state index contributed by atoms with van der Waals surface area (Å²) < 4.78 is 11.2. The van der Waals surface area contributed by atoms with Crippen molar-refractivity contribution in [1.29, 1.82) is 0 Å². The molecule has 0 spiro atoms. The van der Waals surface area contributed by atoms with Gasteiger partial charge in [0.1, 0.15) is 28.6 Å². The van der Waals surface area contributed by atoms with Crippen LogP contribution in [0.3, 0.4) is 0 Å². The van der Waals surface area contributed by atoms with Crippen molar-refractivity contribution in [3.8, 4) is 22.6 Å². The van der Waals surface area contributed by atoms with Crippen molar-refractivity contribution in [2.75, 3.05) is 0 Å². The molecule has 3 aromatic carbocycles. The number of phenols is 2. The first-order chi connectivity index (χ1) is 18.8. The molecule has 2 heterocycles. The number of carboxylic acid groups (broad SMARTS) is 2. The summed E-state index contributed by atoms with van der Waals surface area (Å²) in [6, 6.07) is 5.70. The number of ketones is 2. The molecule has 0 bridgehead atoms. The Morgan fingerprint density at radius 3 is 2.08 bits per heavy atom. The topological polar surface area (TPSA) is 210 Å². The van der Waals surface area contributed by atoms with Gasteiger partial charge < -0.3 is 29.3 Å². The Balaban J connectivity index is 2.04. The van der Waals surface area contributed by atoms with Gasteiger partial charge in [-0.2, -0.15) is 0 Å². The van der Waals surface area contributed by atoms with Gasteiger partial charge in [0.25, 0.3) is 0 Å². The predicted molar refractivity (Wildman–Crippen MR) is 139 cm³/mol. The number of phenolic OH excluding ortho intramolecular Hbond substituents is 1. The largest absolute Gasteiger partial charge is 0.504 e. The fourth-order valence-corrected chi connectivity index (χ4v) is 4.75. The Bertz CT molecular complexity index is 2130. The predicted octanol–water partition coefficient (Wildman–Crippen LogP) is 3.93. The number of carbonyl (C=O) groups excluding carboxylic acids is 2. The van der Waals surface area contributed by atoms with E-state index in [-0.39, 0.29) is 38.6 Å². The molecule has 0 fully saturated rings. The lowest BCUT2D eigenvalue weighted by molar-refractivity contribution is 0.0685. The molecule has 12 nitrogen and oxygen atoms in total. The maximum absolute atomic E-state index is 13.7. The van der Waals surface area contributed by atoms with Crippen LogP contribution in [0.2, 0.25) is 0 Å². The summed E-state index contributed by atoms with van der Waals surface area (Å²) in [6.45, 7) is 2.17. The number of carboxylic acids is 2. The number of rotatable bonds is 5. The van der Waals surface area contributed by atoms with Crippen LogP contribution >= 0.6 is 0 Å². The molecular weight excluding hydrogens is 528 g/mol. The van der Waals surface area contributed by atoms with Crippen molar-refractivity contribution in [3.63, 3.8) is 0 Å². The highest BCUT2D eigenvalue weighted by Gasteiger charge is 2.30. The molecule has 0 radical (unpaired) electrons. The lowest BCUT2D eigenvalue weighted by Crippen LogP contribution is -2.16. The minimum Gasteiger partial charge on any atom is -0.504 e. The van der Waals surface area contributed by atoms with Gasteiger partial charge in [0.05, 0.1) is 32.8 Å². The number of carbonyl (C=O) groups is 4. The Labute approximate surface area is 220 Å². The molecule has 0 aliphatic heterocycles. The highest BCUT2D eigenvalue weighted by Crippen LogP contribution is 2.38. The zero-order valence-electron chi connectivity index (χ0n) is 20.5. The van der Waals surface area contributed by atoms with Gasteiger partial charge >= 0.3 is 11.9 Å². The van der Waals surface area contributed by atoms with E-state index in [1.165, 1.54) is 18.2 Å². The quantitative estimate of drug-likeness (QED) is 0.141. The molecule has 5 rings (SSSR count). The van der Waals surface area contributed by atoms with E-state index in [4.69, 9.17) is 8.83 Å². The van der Waals surface area contributed by atoms with Crippen molar-refractivity contribution in [3.05, 3.63) is 79.3 Å². The van der Waals surface area contributed by atoms with Crippen LogP contribution in [-0.2, 0) is 0 Å². The fourth-order valence-electron chi connectivity index (χ4n) is 4.75. The Morgan fingerprint density at radius 2 is 1.48 bits per heavy atom. The number of hydrogen-bond acceptors (Lipinski definition) is 10. The van der Waals surface area contributed by atoms with E-state index in [0.717, 1.165) is 32.2 Å². The van der Waals surface area contributed by atoms with Gasteiger partial charge in [-0.1, -0.05) is 6.07 Å². The summed E-state index contributed by atoms with van der Waals surface area (Å²) >= 11 is 0. The van der Waals surface area contributed by atoms with Crippen LogP contribution in [0.1, 0.15) is 55.3 Å². The van der Waals surface area contributed by atoms with Crippen LogP contribution in [0.25, 0.3) is 44.0 Å². The van der Waals surface area contributed by atoms with Gasteiger partial charge in [-0.05, 0) is 32.0 Å². The van der Waals surface area contributed by atoms with E-state index < -0.39 is 73.5 Å². The molecule has 0 atom stereocenters. The molecule has 0 aliphatic carbocycles. The number of fused-ring (bicyclic) bond motifs is 3. The van der Waals surface area contributed by atoms with Crippen LogP contribution < -0.4 is 10.9 Å². The van der Waals surface area contributed by atoms with Crippen LogP contribution in [0.5, 0.6) is 11.5 Å². The monoisotopic (exact) mass is 544 g/mol. The molecule has 5 aromatic rings. The molecule has 4 N–H and O–H groups in total. The van der Waals surface area contributed by atoms with Crippen molar-refractivity contribution < 1.29 is 48.4 Å². The number of aromatic carboxylic acids is 2. The van der Waals surface area contributed by atoms with Gasteiger partial charge in [0.2, 0.25) is 10.9 Å². The molecule has 0 saturated carbocycles. The lowest BCUT2D eigenvalue weighted by Gasteiger charge is -2.15. The average molecular weight is 544 g/mol. The van der Waals surface area contributed by atoms with Gasteiger partial charge in [0.15, 0.2) is 23.1 Å². The minimum absolute atomic E-state index is 0.180. The maximum Gasteiger partial charge on any atom is 0.340 e. The Kier molecular flexibility index (Phi) is 5.76. The third-order valence-corrected chi connectivity index (χ3v) is 6.45. The zero-order chi connectivity index (χ0) is 29.2. The summed E-state index contributed by atoms with van der Waals surface area (Å²) in [7, 11) is 0. The van der Waals surface area contributed by atoms with Crippen LogP contribution in [0.4, 0.5) is 0 Å². The van der Waals surface area contributed by atoms with Crippen LogP contribution in [0, 0.1) is 0 Å². The fraction of sp³-hybridized carbons (Fsp3) is 0.0714. The molecule has 200 valence electrons. The first-order valence-corrected chi connectivity index (χ1v) is 11.4. The van der Waals surface area contributed by atoms with Gasteiger partial charge in [-0.3, -0.25) is 19.2 Å². The molecule has 2 aromatic heterocycles. The van der Waals surface area contributed by atoms with E-state index in [2.05, 4.69) is 0 Å². The molecule has 0 saturated heterocycles. The SMILES string of the molecule is CC(=O)c1cc2c(=O)c3c(C(=O)O)cccc3oc2c(C(C)=O)c1-c1coc2cc(O)c(O)c(C(=O)O)c2c1=O. The van der Waals surface area contributed by atoms with E-state index >= 15 is 0 Å². The summed E-state index contributed by atoms with van der Waals surface area (Å²) in [5.41, 5.74) is -5.71. The maximum atomic E-state index is 13.7. The highest BCUT2D eigenvalue weighted by atomic mass is 16.4. The number of Topliss-reactive ketones (excluding diaryl/α,β-unsaturated/α-hetero) is 2. The zero-order valence-corrected chi connectivity index (χ0v) is 20.5. The number of hydrogen-bond donors (Lipinski definition) is 4. The molecule has 0 aliphatic rings. The van der Waals surface area contributed by atoms with Gasteiger partial charge in [-0.25, -0.2) is 9.59 Å². The average Bonchev–Trinajstić information content (AvgIpc) is 2.88. The second-order valence-electron chi connectivity index (χ2n) is 8.85. The Morgan fingerprint density at radius 1 is 0.775 bits per heavy atom. The molecule has 40 heavy (non-hydrogen) atoms. The van der Waals surface area contributed by atoms with Crippen molar-refractivity contribution in [2.45, 2.75) is 13.8 Å². The molecular formula is C28H16O12. The van der Waals surface area contributed by atoms with Crippen LogP contribution in [0.15, 0.2) is 55.0 Å². The summed E-state index contributed by atoms with van der Waals surface area (Å²) in [4.78, 5) is 76.7. The number of aromatic hydroxyl groups is 2. The van der Waals surface area contributed by atoms with Gasteiger partial charge in [0, 0.05) is 17.2 Å². The molecule has 0 unspecified atom stereocenters. The lowest BCUT2D eigenvalue weighted by atomic mass is 9.88. The van der Waals surface area contributed by atoms with E-state index in [1.54, 1.807) is 0 Å². The van der Waals surface area contributed by atoms with Crippen molar-refractivity contribution in [2.24, 2.45) is 0 Å². The van der Waals surface area contributed by atoms with Crippen LogP contribution in [-0.4, -0.2) is 43.9 Å². The second-order valence-corrected chi connectivity index (χ2v) is 8.85. The minimum atomic E-state index is -1.77. The van der Waals surface area contributed by atoms with Gasteiger partial charge in [-0.15, -0.1) is 0 Å². The third-order valence-electron chi connectivity index (χ3n) is 6.45. The second kappa shape index (κ2) is 8.91. The summed E-state index contributed by atoms with van der Waals surface area (Å²) in [5.74, 6) is -6.62. The summed E-state index contributed by atoms with van der Waals surface area (Å²) in [5, 5.41) is 38.0. The highest BCUT2D eigenvalue weighted by molar-refractivity contribution is 6.18. The smallest absolute Gasteiger partial charge is 0.340 e. The molecule has 0 amide bonds. The van der Waals surface area contributed by atoms with Crippen molar-refractivity contribution in [1.82, 2.24) is 0 Å².